The van der Waals surface area contributed by atoms with E-state index in [1.165, 1.54) is 18.2 Å². The first-order valence-electron chi connectivity index (χ1n) is 7.44. The Kier molecular flexibility index (Phi) is 5.25. The summed E-state index contributed by atoms with van der Waals surface area (Å²) in [6.07, 6.45) is 2.70. The molecule has 1 aromatic heterocycles. The molecule has 1 aliphatic rings. The van der Waals surface area contributed by atoms with Gasteiger partial charge in [-0.1, -0.05) is 34.8 Å². The third-order valence-corrected chi connectivity index (χ3v) is 7.43. The molecule has 0 aliphatic carbocycles. The van der Waals surface area contributed by atoms with Crippen molar-refractivity contribution >= 4 is 50.5 Å². The van der Waals surface area contributed by atoms with Gasteiger partial charge in [-0.05, 0) is 43.2 Å². The van der Waals surface area contributed by atoms with Crippen LogP contribution in [0.1, 0.15) is 12.8 Å². The third-order valence-electron chi connectivity index (χ3n) is 4.14. The fraction of sp³-hybridized carbons (Fsp3) is 0.312. The first kappa shape index (κ1) is 17.8. The summed E-state index contributed by atoms with van der Waals surface area (Å²) in [6, 6.07) is 7.99. The lowest BCUT2D eigenvalue weighted by atomic mass is 10.1. The van der Waals surface area contributed by atoms with E-state index >= 15 is 0 Å². The highest BCUT2D eigenvalue weighted by Crippen LogP contribution is 2.32. The highest BCUT2D eigenvalue weighted by atomic mass is 35.5. The van der Waals surface area contributed by atoms with Gasteiger partial charge in [-0.25, -0.2) is 13.4 Å². The van der Waals surface area contributed by atoms with Gasteiger partial charge in [-0.15, -0.1) is 0 Å². The standard InChI is InChI=1S/C16H15Cl3N2O2S/c17-13-4-3-12(10-15(13)19)24(22,23)11-5-8-21(9-6-11)16-14(18)2-1-7-20-16/h1-4,7,10-11H,5-6,8-9H2. The second kappa shape index (κ2) is 7.08. The minimum atomic E-state index is -3.44. The van der Waals surface area contributed by atoms with Crippen molar-refractivity contribution in [3.8, 4) is 0 Å². The van der Waals surface area contributed by atoms with Crippen LogP contribution in [-0.2, 0) is 9.84 Å². The maximum absolute atomic E-state index is 12.8. The number of aromatic nitrogens is 1. The molecule has 2 aromatic rings. The molecule has 0 N–H and O–H groups in total. The number of nitrogens with zero attached hydrogens (tertiary/aromatic N) is 2. The van der Waals surface area contributed by atoms with Crippen molar-refractivity contribution in [1.82, 2.24) is 4.98 Å². The van der Waals surface area contributed by atoms with Gasteiger partial charge in [0.05, 0.1) is 25.2 Å². The van der Waals surface area contributed by atoms with E-state index in [1.807, 2.05) is 4.90 Å². The zero-order valence-corrected chi connectivity index (χ0v) is 15.7. The number of benzene rings is 1. The van der Waals surface area contributed by atoms with Gasteiger partial charge in [0, 0.05) is 19.3 Å². The molecule has 3 rings (SSSR count). The summed E-state index contributed by atoms with van der Waals surface area (Å²) in [4.78, 5) is 6.51. The number of piperidine rings is 1. The monoisotopic (exact) mass is 404 g/mol. The van der Waals surface area contributed by atoms with E-state index in [2.05, 4.69) is 4.98 Å². The van der Waals surface area contributed by atoms with Crippen LogP contribution in [0.15, 0.2) is 41.4 Å². The van der Waals surface area contributed by atoms with Crippen LogP contribution in [0.25, 0.3) is 0 Å². The molecule has 0 unspecified atom stereocenters. The minimum absolute atomic E-state index is 0.214. The molecule has 128 valence electrons. The van der Waals surface area contributed by atoms with Crippen molar-refractivity contribution in [2.75, 3.05) is 18.0 Å². The molecule has 1 aromatic carbocycles. The van der Waals surface area contributed by atoms with Crippen LogP contribution in [0.5, 0.6) is 0 Å². The fourth-order valence-corrected chi connectivity index (χ4v) is 5.19. The molecule has 1 fully saturated rings. The van der Waals surface area contributed by atoms with E-state index in [0.29, 0.717) is 41.8 Å². The molecule has 24 heavy (non-hydrogen) atoms. The molecule has 4 nitrogen and oxygen atoms in total. The molecular formula is C16H15Cl3N2O2S. The Morgan fingerprint density at radius 3 is 2.33 bits per heavy atom. The van der Waals surface area contributed by atoms with Gasteiger partial charge in [0.2, 0.25) is 0 Å². The first-order valence-corrected chi connectivity index (χ1v) is 10.1. The topological polar surface area (TPSA) is 50.3 Å². The zero-order chi connectivity index (χ0) is 17.3. The Hall–Kier alpha value is -1.01. The lowest BCUT2D eigenvalue weighted by Gasteiger charge is -2.32. The Morgan fingerprint density at radius 2 is 1.71 bits per heavy atom. The predicted molar refractivity (Wildman–Crippen MR) is 98.1 cm³/mol. The first-order chi connectivity index (χ1) is 11.4. The maximum atomic E-state index is 12.8. The highest BCUT2D eigenvalue weighted by molar-refractivity contribution is 7.92. The van der Waals surface area contributed by atoms with Crippen LogP contribution >= 0.6 is 34.8 Å². The third kappa shape index (κ3) is 3.49. The predicted octanol–water partition coefficient (Wildman–Crippen LogP) is 4.48. The van der Waals surface area contributed by atoms with Gasteiger partial charge in [-0.2, -0.15) is 0 Å². The largest absolute Gasteiger partial charge is 0.355 e. The number of rotatable bonds is 3. The van der Waals surface area contributed by atoms with Crippen LogP contribution in [0.2, 0.25) is 15.1 Å². The molecular weight excluding hydrogens is 391 g/mol. The van der Waals surface area contributed by atoms with Gasteiger partial charge in [-0.3, -0.25) is 0 Å². The van der Waals surface area contributed by atoms with Crippen LogP contribution in [-0.4, -0.2) is 31.7 Å². The smallest absolute Gasteiger partial charge is 0.181 e. The molecule has 1 saturated heterocycles. The van der Waals surface area contributed by atoms with E-state index in [0.717, 1.165) is 0 Å². The van der Waals surface area contributed by atoms with Gasteiger partial charge in [0.15, 0.2) is 9.84 Å². The number of hydrogen-bond donors (Lipinski definition) is 0. The number of hydrogen-bond acceptors (Lipinski definition) is 4. The summed E-state index contributed by atoms with van der Waals surface area (Å²) in [5.74, 6) is 0.699. The lowest BCUT2D eigenvalue weighted by molar-refractivity contribution is 0.528. The SMILES string of the molecule is O=S(=O)(c1ccc(Cl)c(Cl)c1)C1CCN(c2ncccc2Cl)CC1. The van der Waals surface area contributed by atoms with E-state index in [-0.39, 0.29) is 9.92 Å². The van der Waals surface area contributed by atoms with Gasteiger partial charge in [0.25, 0.3) is 0 Å². The van der Waals surface area contributed by atoms with Crippen molar-refractivity contribution in [1.29, 1.82) is 0 Å². The molecule has 0 radical (unpaired) electrons. The molecule has 1 aliphatic heterocycles. The Bertz CT molecular complexity index is 850. The van der Waals surface area contributed by atoms with Crippen molar-refractivity contribution in [3.63, 3.8) is 0 Å². The van der Waals surface area contributed by atoms with Gasteiger partial charge in [0.1, 0.15) is 5.82 Å². The number of sulfone groups is 1. The van der Waals surface area contributed by atoms with Crippen LogP contribution in [0.3, 0.4) is 0 Å². The van der Waals surface area contributed by atoms with Crippen molar-refractivity contribution in [2.45, 2.75) is 23.0 Å². The average Bonchev–Trinajstić information content (AvgIpc) is 2.58. The normalized spacial score (nSPS) is 16.4. The maximum Gasteiger partial charge on any atom is 0.181 e. The molecule has 0 bridgehead atoms. The summed E-state index contributed by atoms with van der Waals surface area (Å²) in [6.45, 7) is 1.17. The van der Waals surface area contributed by atoms with Crippen LogP contribution in [0, 0.1) is 0 Å². The second-order valence-corrected chi connectivity index (χ2v) is 9.07. The molecule has 2 heterocycles. The van der Waals surface area contributed by atoms with E-state index in [1.54, 1.807) is 18.3 Å². The Balaban J connectivity index is 1.76. The average molecular weight is 406 g/mol. The van der Waals surface area contributed by atoms with Crippen molar-refractivity contribution in [3.05, 3.63) is 51.6 Å². The van der Waals surface area contributed by atoms with E-state index in [4.69, 9.17) is 34.8 Å². The molecule has 0 spiro atoms. The van der Waals surface area contributed by atoms with E-state index < -0.39 is 15.1 Å². The lowest BCUT2D eigenvalue weighted by Crippen LogP contribution is -2.39. The summed E-state index contributed by atoms with van der Waals surface area (Å²) in [5.41, 5.74) is 0. The number of pyridine rings is 1. The molecule has 0 amide bonds. The molecule has 8 heteroatoms. The molecule has 0 atom stereocenters. The van der Waals surface area contributed by atoms with Crippen LogP contribution < -0.4 is 4.90 Å². The van der Waals surface area contributed by atoms with Crippen molar-refractivity contribution in [2.24, 2.45) is 0 Å². The van der Waals surface area contributed by atoms with Crippen LogP contribution in [0.4, 0.5) is 5.82 Å². The number of halogens is 3. The van der Waals surface area contributed by atoms with Crippen molar-refractivity contribution < 1.29 is 8.42 Å². The minimum Gasteiger partial charge on any atom is -0.355 e. The molecule has 0 saturated carbocycles. The summed E-state index contributed by atoms with van der Waals surface area (Å²) in [5, 5.41) is 0.711. The quantitative estimate of drug-likeness (QED) is 0.755. The van der Waals surface area contributed by atoms with Gasteiger partial charge < -0.3 is 4.90 Å². The Labute approximate surface area is 156 Å². The summed E-state index contributed by atoms with van der Waals surface area (Å²) < 4.78 is 25.6. The summed E-state index contributed by atoms with van der Waals surface area (Å²) in [7, 11) is -3.44. The zero-order valence-electron chi connectivity index (χ0n) is 12.6. The summed E-state index contributed by atoms with van der Waals surface area (Å²) >= 11 is 18.0. The van der Waals surface area contributed by atoms with E-state index in [9.17, 15) is 8.42 Å². The number of anilines is 1. The Morgan fingerprint density at radius 1 is 1.00 bits per heavy atom. The fourth-order valence-electron chi connectivity index (χ4n) is 2.83. The second-order valence-electron chi connectivity index (χ2n) is 5.62. The highest BCUT2D eigenvalue weighted by Gasteiger charge is 2.32. The van der Waals surface area contributed by atoms with Gasteiger partial charge >= 0.3 is 0 Å².